The highest BCUT2D eigenvalue weighted by Crippen LogP contribution is 2.62. The van der Waals surface area contributed by atoms with Crippen molar-refractivity contribution >= 4 is 17.3 Å². The Balaban J connectivity index is 1.36. The number of hydrogen-bond acceptors (Lipinski definition) is 11. The Bertz CT molecular complexity index is 2710. The minimum Gasteiger partial charge on any atom is -0.459 e. The number of benzene rings is 5. The second-order valence-electron chi connectivity index (χ2n) is 17.6. The molecule has 2 N–H and O–H groups in total. The third-order valence-electron chi connectivity index (χ3n) is 13.3. The SMILES string of the molecule is C=CCOC12Oc3ccc(Oc4cccc([N+](=O)[O-])c4)cc3C3C(CCCCO)C(CCCCO)C=C(C(=NOCc4ccccc4)CC1N(Cc1ccc(F)cc1)C(=O)c1ccc(C#N)cc1)C32. The Labute approximate surface area is 400 Å². The summed E-state index contributed by atoms with van der Waals surface area (Å²) < 4.78 is 35.4. The van der Waals surface area contributed by atoms with E-state index in [4.69, 9.17) is 24.2 Å². The molecule has 1 heterocycles. The maximum atomic E-state index is 15.4. The van der Waals surface area contributed by atoms with Gasteiger partial charge in [-0.3, -0.25) is 14.9 Å². The van der Waals surface area contributed by atoms with Crippen molar-refractivity contribution in [3.63, 3.8) is 0 Å². The van der Waals surface area contributed by atoms with E-state index in [1.54, 1.807) is 71.6 Å². The van der Waals surface area contributed by atoms with E-state index < -0.39 is 40.3 Å². The molecule has 1 saturated carbocycles. The van der Waals surface area contributed by atoms with Gasteiger partial charge in [-0.2, -0.15) is 5.26 Å². The van der Waals surface area contributed by atoms with Crippen LogP contribution in [0.15, 0.2) is 151 Å². The molecule has 5 aromatic carbocycles. The molecular weight excluding hydrogens is 880 g/mol. The van der Waals surface area contributed by atoms with Gasteiger partial charge in [0.15, 0.2) is 0 Å². The minimum absolute atomic E-state index is 0.00743. The van der Waals surface area contributed by atoms with Crippen molar-refractivity contribution in [1.82, 2.24) is 4.90 Å². The van der Waals surface area contributed by atoms with E-state index in [2.05, 4.69) is 18.7 Å². The first kappa shape index (κ1) is 48.3. The molecule has 1 aliphatic heterocycles. The zero-order chi connectivity index (χ0) is 48.3. The molecule has 13 nitrogen and oxygen atoms in total. The van der Waals surface area contributed by atoms with Gasteiger partial charge in [-0.1, -0.05) is 78.7 Å². The third kappa shape index (κ3) is 10.8. The van der Waals surface area contributed by atoms with Crippen LogP contribution in [-0.4, -0.2) is 63.3 Å². The van der Waals surface area contributed by atoms with E-state index >= 15 is 4.79 Å². The van der Waals surface area contributed by atoms with Gasteiger partial charge >= 0.3 is 0 Å². The molecule has 0 bridgehead atoms. The Morgan fingerprint density at radius 3 is 2.38 bits per heavy atom. The van der Waals surface area contributed by atoms with Crippen LogP contribution < -0.4 is 9.47 Å². The molecule has 69 heavy (non-hydrogen) atoms. The first-order valence-electron chi connectivity index (χ1n) is 23.4. The maximum absolute atomic E-state index is 15.4. The summed E-state index contributed by atoms with van der Waals surface area (Å²) in [5.74, 6) is -2.48. The fourth-order valence-corrected chi connectivity index (χ4v) is 10.2. The lowest BCUT2D eigenvalue weighted by atomic mass is 9.55. The number of carbonyl (C=O) groups is 1. The average Bonchev–Trinajstić information content (AvgIpc) is 3.37. The summed E-state index contributed by atoms with van der Waals surface area (Å²) in [6.07, 6.45) is 8.01. The van der Waals surface area contributed by atoms with Crippen molar-refractivity contribution in [2.45, 2.75) is 75.8 Å². The number of non-ortho nitro benzene ring substituents is 1. The van der Waals surface area contributed by atoms with Gasteiger partial charge in [0.1, 0.15) is 35.7 Å². The highest BCUT2D eigenvalue weighted by atomic mass is 19.1. The molecule has 8 rings (SSSR count). The Morgan fingerprint density at radius 1 is 0.928 bits per heavy atom. The number of carbonyl (C=O) groups excluding carboxylic acids is 1. The van der Waals surface area contributed by atoms with Crippen LogP contribution in [0.25, 0.3) is 0 Å². The topological polar surface area (TPSA) is 177 Å². The van der Waals surface area contributed by atoms with Crippen LogP contribution in [0.4, 0.5) is 10.1 Å². The Hall–Kier alpha value is -7.18. The van der Waals surface area contributed by atoms with E-state index in [-0.39, 0.29) is 62.7 Å². The number of unbranched alkanes of at least 4 members (excludes halogenated alkanes) is 2. The van der Waals surface area contributed by atoms with E-state index in [0.29, 0.717) is 59.6 Å². The first-order chi connectivity index (χ1) is 33.7. The van der Waals surface area contributed by atoms with Crippen molar-refractivity contribution < 1.29 is 43.4 Å². The number of oxime groups is 1. The van der Waals surface area contributed by atoms with Crippen LogP contribution >= 0.6 is 0 Å². The summed E-state index contributed by atoms with van der Waals surface area (Å²) in [7, 11) is 0. The summed E-state index contributed by atoms with van der Waals surface area (Å²) in [6.45, 7) is 4.28. The number of ether oxygens (including phenoxy) is 3. The number of aliphatic hydroxyl groups is 2. The molecule has 1 amide bonds. The molecule has 356 valence electrons. The first-order valence-corrected chi connectivity index (χ1v) is 23.4. The fraction of sp³-hybridized carbons (Fsp3) is 0.327. The van der Waals surface area contributed by atoms with Gasteiger partial charge in [-0.15, -0.1) is 6.58 Å². The molecule has 6 unspecified atom stereocenters. The second-order valence-corrected chi connectivity index (χ2v) is 17.6. The minimum atomic E-state index is -1.62. The lowest BCUT2D eigenvalue weighted by Gasteiger charge is -2.60. The fourth-order valence-electron chi connectivity index (χ4n) is 10.2. The van der Waals surface area contributed by atoms with Gasteiger partial charge in [-0.25, -0.2) is 4.39 Å². The molecule has 5 aromatic rings. The van der Waals surface area contributed by atoms with E-state index in [9.17, 15) is 30.0 Å². The number of nitro benzene ring substituents is 1. The van der Waals surface area contributed by atoms with E-state index in [1.807, 2.05) is 36.4 Å². The van der Waals surface area contributed by atoms with Crippen LogP contribution in [0, 0.1) is 45.0 Å². The number of aliphatic hydroxyl groups excluding tert-OH is 2. The van der Waals surface area contributed by atoms with Gasteiger partial charge in [0.25, 0.3) is 11.6 Å². The molecule has 3 aliphatic rings. The molecule has 14 heteroatoms. The molecule has 0 aromatic heterocycles. The average molecular weight is 935 g/mol. The van der Waals surface area contributed by atoms with E-state index in [0.717, 1.165) is 29.5 Å². The highest BCUT2D eigenvalue weighted by Gasteiger charge is 2.65. The van der Waals surface area contributed by atoms with Gasteiger partial charge in [0, 0.05) is 49.3 Å². The normalized spacial score (nSPS) is 21.7. The quantitative estimate of drug-likeness (QED) is 0.0311. The highest BCUT2D eigenvalue weighted by molar-refractivity contribution is 6.03. The third-order valence-corrected chi connectivity index (χ3v) is 13.3. The van der Waals surface area contributed by atoms with Crippen molar-refractivity contribution in [3.05, 3.63) is 189 Å². The summed E-state index contributed by atoms with van der Waals surface area (Å²) >= 11 is 0. The number of allylic oxidation sites excluding steroid dienone is 1. The molecule has 0 spiro atoms. The van der Waals surface area contributed by atoms with Gasteiger partial charge < -0.3 is 34.2 Å². The molecule has 6 atom stereocenters. The van der Waals surface area contributed by atoms with Gasteiger partial charge in [-0.05, 0) is 115 Å². The Morgan fingerprint density at radius 2 is 1.67 bits per heavy atom. The van der Waals surface area contributed by atoms with Crippen molar-refractivity contribution in [2.24, 2.45) is 22.9 Å². The predicted molar refractivity (Wildman–Crippen MR) is 257 cm³/mol. The van der Waals surface area contributed by atoms with Crippen LogP contribution in [0.2, 0.25) is 0 Å². The van der Waals surface area contributed by atoms with Crippen LogP contribution in [0.1, 0.15) is 83.5 Å². The van der Waals surface area contributed by atoms with Crippen molar-refractivity contribution in [3.8, 4) is 23.3 Å². The lowest BCUT2D eigenvalue weighted by Crippen LogP contribution is -2.70. The van der Waals surface area contributed by atoms with E-state index in [1.165, 1.54) is 24.3 Å². The summed E-state index contributed by atoms with van der Waals surface area (Å²) in [6, 6.07) is 34.6. The summed E-state index contributed by atoms with van der Waals surface area (Å²) in [5.41, 5.74) is 4.31. The predicted octanol–water partition coefficient (Wildman–Crippen LogP) is 10.6. The molecule has 0 saturated heterocycles. The molecule has 0 radical (unpaired) electrons. The van der Waals surface area contributed by atoms with Crippen LogP contribution in [-0.2, 0) is 22.7 Å². The smallest absolute Gasteiger partial charge is 0.273 e. The van der Waals surface area contributed by atoms with Gasteiger partial charge in [0.2, 0.25) is 5.79 Å². The van der Waals surface area contributed by atoms with Crippen LogP contribution in [0.3, 0.4) is 0 Å². The number of rotatable bonds is 21. The van der Waals surface area contributed by atoms with Crippen molar-refractivity contribution in [2.75, 3.05) is 19.8 Å². The van der Waals surface area contributed by atoms with Gasteiger partial charge in [0.05, 0.1) is 40.9 Å². The summed E-state index contributed by atoms with van der Waals surface area (Å²) in [5, 5.41) is 46.4. The Kier molecular flexibility index (Phi) is 15.6. The number of halogens is 1. The number of nitro groups is 1. The maximum Gasteiger partial charge on any atom is 0.273 e. The lowest BCUT2D eigenvalue weighted by molar-refractivity contribution is -0.384. The second kappa shape index (κ2) is 22.3. The molecule has 2 aliphatic carbocycles. The number of nitrogens with zero attached hydrogens (tertiary/aromatic N) is 4. The monoisotopic (exact) mass is 934 g/mol. The zero-order valence-corrected chi connectivity index (χ0v) is 38.2. The van der Waals surface area contributed by atoms with Crippen LogP contribution in [0.5, 0.6) is 17.2 Å². The largest absolute Gasteiger partial charge is 0.459 e. The number of nitriles is 1. The number of fused-ring (bicyclic) bond motifs is 2. The number of hydrogen-bond donors (Lipinski definition) is 2. The zero-order valence-electron chi connectivity index (χ0n) is 38.2. The molecular formula is C55H55FN4O9. The molecule has 1 fully saturated rings. The summed E-state index contributed by atoms with van der Waals surface area (Å²) in [4.78, 5) is 34.6. The number of amides is 1. The standard InChI is InChI=1S/C55H55FN4O9/c1-2-29-66-55-51(59(35-38-19-23-42(56)24-20-38)54(63)40-21-17-37(34-57)18-22-40)33-49(58-67-36-39-11-4-3-5-12-39)47-30-41(13-6-8-27-61)46(16-7-9-28-62)52(53(47)55)48-32-45(25-26-50(48)69-55)68-44-15-10-14-43(31-44)60(64)65/h2-5,10-12,14-15,17-26,30-32,41,46,51-53,61-62H,1,6-9,13,16,27-29,33,35-36H2. The van der Waals surface area contributed by atoms with Crippen molar-refractivity contribution in [1.29, 1.82) is 5.26 Å².